The van der Waals surface area contributed by atoms with E-state index in [9.17, 15) is 4.79 Å². The monoisotopic (exact) mass is 247 g/mol. The molecule has 4 heteroatoms. The summed E-state index contributed by atoms with van der Waals surface area (Å²) in [7, 11) is 0. The van der Waals surface area contributed by atoms with E-state index in [-0.39, 0.29) is 5.91 Å². The molecule has 0 saturated carbocycles. The first-order chi connectivity index (χ1) is 8.61. The number of pyridine rings is 1. The number of hydrogen-bond acceptors (Lipinski definition) is 3. The predicted molar refractivity (Wildman–Crippen MR) is 72.9 cm³/mol. The van der Waals surface area contributed by atoms with E-state index in [1.165, 1.54) is 0 Å². The number of nitrogens with one attached hydrogen (secondary N) is 1. The normalized spacial score (nSPS) is 19.1. The number of carbonyl (C=O) groups is 1. The zero-order chi connectivity index (χ0) is 13.1. The van der Waals surface area contributed by atoms with Crippen molar-refractivity contribution in [2.75, 3.05) is 18.4 Å². The van der Waals surface area contributed by atoms with Crippen LogP contribution in [0, 0.1) is 6.92 Å². The lowest BCUT2D eigenvalue weighted by molar-refractivity contribution is 0.0747. The molecular weight excluding hydrogens is 226 g/mol. The van der Waals surface area contributed by atoms with Gasteiger partial charge in [-0.1, -0.05) is 0 Å². The van der Waals surface area contributed by atoms with Gasteiger partial charge in [0.05, 0.1) is 0 Å². The first-order valence-corrected chi connectivity index (χ1v) is 6.65. The molecule has 2 heterocycles. The third-order valence-corrected chi connectivity index (χ3v) is 3.37. The Kier molecular flexibility index (Phi) is 3.84. The van der Waals surface area contributed by atoms with Crippen LogP contribution in [-0.4, -0.2) is 34.9 Å². The number of carbonyl (C=O) groups excluding carboxylic acids is 1. The Labute approximate surface area is 108 Å². The summed E-state index contributed by atoms with van der Waals surface area (Å²) in [6, 6.07) is 4.08. The quantitative estimate of drug-likeness (QED) is 0.892. The summed E-state index contributed by atoms with van der Waals surface area (Å²) in [6.07, 6.45) is 2.22. The van der Waals surface area contributed by atoms with Crippen molar-refractivity contribution < 1.29 is 4.79 Å². The van der Waals surface area contributed by atoms with Crippen molar-refractivity contribution in [2.24, 2.45) is 0 Å². The van der Waals surface area contributed by atoms with Crippen LogP contribution in [0.1, 0.15) is 42.7 Å². The minimum Gasteiger partial charge on any atom is -0.370 e. The lowest BCUT2D eigenvalue weighted by atomic mass is 10.2. The number of rotatable bonds is 3. The van der Waals surface area contributed by atoms with Crippen LogP contribution >= 0.6 is 0 Å². The Bertz CT molecular complexity index is 445. The Morgan fingerprint density at radius 3 is 2.94 bits per heavy atom. The van der Waals surface area contributed by atoms with Crippen molar-refractivity contribution in [3.63, 3.8) is 0 Å². The summed E-state index contributed by atoms with van der Waals surface area (Å²) in [5, 5.41) is 3.16. The van der Waals surface area contributed by atoms with Gasteiger partial charge < -0.3 is 10.2 Å². The number of nitrogens with zero attached hydrogens (tertiary/aromatic N) is 2. The van der Waals surface area contributed by atoms with Crippen LogP contribution in [0.4, 0.5) is 5.82 Å². The summed E-state index contributed by atoms with van der Waals surface area (Å²) in [5.74, 6) is 0.914. The predicted octanol–water partition coefficient (Wildman–Crippen LogP) is 2.45. The summed E-state index contributed by atoms with van der Waals surface area (Å²) < 4.78 is 0. The smallest absolute Gasteiger partial charge is 0.254 e. The van der Waals surface area contributed by atoms with E-state index < -0.39 is 0 Å². The van der Waals surface area contributed by atoms with Crippen molar-refractivity contribution in [2.45, 2.75) is 39.7 Å². The molecule has 1 unspecified atom stereocenters. The fourth-order valence-electron chi connectivity index (χ4n) is 2.46. The highest BCUT2D eigenvalue weighted by molar-refractivity contribution is 5.95. The maximum absolute atomic E-state index is 12.4. The van der Waals surface area contributed by atoms with Crippen LogP contribution in [0.15, 0.2) is 12.1 Å². The molecule has 2 rings (SSSR count). The largest absolute Gasteiger partial charge is 0.370 e. The highest BCUT2D eigenvalue weighted by atomic mass is 16.2. The maximum Gasteiger partial charge on any atom is 0.254 e. The summed E-state index contributed by atoms with van der Waals surface area (Å²) in [5.41, 5.74) is 1.62. The van der Waals surface area contributed by atoms with E-state index >= 15 is 0 Å². The van der Waals surface area contributed by atoms with Crippen molar-refractivity contribution in [1.29, 1.82) is 0 Å². The van der Waals surface area contributed by atoms with Crippen LogP contribution < -0.4 is 5.32 Å². The molecule has 1 amide bonds. The van der Waals surface area contributed by atoms with E-state index in [1.807, 2.05) is 30.9 Å². The molecule has 0 spiro atoms. The van der Waals surface area contributed by atoms with Gasteiger partial charge in [0.2, 0.25) is 0 Å². The van der Waals surface area contributed by atoms with Gasteiger partial charge in [-0.05, 0) is 45.7 Å². The van der Waals surface area contributed by atoms with Gasteiger partial charge in [-0.15, -0.1) is 0 Å². The number of aromatic nitrogens is 1. The Morgan fingerprint density at radius 2 is 2.33 bits per heavy atom. The molecule has 0 aliphatic carbocycles. The Balaban J connectivity index is 2.24. The molecule has 1 aliphatic rings. The Morgan fingerprint density at radius 1 is 1.56 bits per heavy atom. The number of anilines is 1. The maximum atomic E-state index is 12.4. The van der Waals surface area contributed by atoms with Crippen LogP contribution in [0.25, 0.3) is 0 Å². The van der Waals surface area contributed by atoms with Crippen LogP contribution in [0.3, 0.4) is 0 Å². The summed E-state index contributed by atoms with van der Waals surface area (Å²) >= 11 is 0. The van der Waals surface area contributed by atoms with E-state index in [4.69, 9.17) is 0 Å². The standard InChI is InChI=1S/C14H21N3O/c1-4-15-13-9-12(8-10(2)16-13)14(18)17-7-5-6-11(17)3/h8-9,11H,4-7H2,1-3H3,(H,15,16). The number of aryl methyl sites for hydroxylation is 1. The van der Waals surface area contributed by atoms with Crippen molar-refractivity contribution in [3.8, 4) is 0 Å². The second-order valence-corrected chi connectivity index (χ2v) is 4.90. The highest BCUT2D eigenvalue weighted by Gasteiger charge is 2.26. The van der Waals surface area contributed by atoms with Gasteiger partial charge in [0.15, 0.2) is 0 Å². The average molecular weight is 247 g/mol. The minimum atomic E-state index is 0.129. The zero-order valence-corrected chi connectivity index (χ0v) is 11.4. The minimum absolute atomic E-state index is 0.129. The number of amides is 1. The molecule has 1 atom stereocenters. The highest BCUT2D eigenvalue weighted by Crippen LogP contribution is 2.20. The molecule has 1 aromatic heterocycles. The van der Waals surface area contributed by atoms with E-state index in [0.717, 1.165) is 43.0 Å². The van der Waals surface area contributed by atoms with Crippen LogP contribution in [-0.2, 0) is 0 Å². The molecule has 1 saturated heterocycles. The average Bonchev–Trinajstić information content (AvgIpc) is 2.74. The van der Waals surface area contributed by atoms with Gasteiger partial charge >= 0.3 is 0 Å². The van der Waals surface area contributed by atoms with Crippen molar-refractivity contribution in [1.82, 2.24) is 9.88 Å². The molecule has 0 radical (unpaired) electrons. The fraction of sp³-hybridized carbons (Fsp3) is 0.571. The number of hydrogen-bond donors (Lipinski definition) is 1. The second-order valence-electron chi connectivity index (χ2n) is 4.90. The lowest BCUT2D eigenvalue weighted by Crippen LogP contribution is -2.33. The van der Waals surface area contributed by atoms with Crippen molar-refractivity contribution >= 4 is 11.7 Å². The molecule has 1 aromatic rings. The number of likely N-dealkylation sites (tertiary alicyclic amines) is 1. The third kappa shape index (κ3) is 2.63. The van der Waals surface area contributed by atoms with Gasteiger partial charge in [0.1, 0.15) is 5.82 Å². The molecule has 18 heavy (non-hydrogen) atoms. The van der Waals surface area contributed by atoms with Gasteiger partial charge in [-0.3, -0.25) is 4.79 Å². The van der Waals surface area contributed by atoms with Gasteiger partial charge in [0.25, 0.3) is 5.91 Å². The first-order valence-electron chi connectivity index (χ1n) is 6.65. The molecule has 1 aliphatic heterocycles. The summed E-state index contributed by atoms with van der Waals surface area (Å²) in [6.45, 7) is 7.74. The van der Waals surface area contributed by atoms with Crippen molar-refractivity contribution in [3.05, 3.63) is 23.4 Å². The van der Waals surface area contributed by atoms with Crippen LogP contribution in [0.2, 0.25) is 0 Å². The summed E-state index contributed by atoms with van der Waals surface area (Å²) in [4.78, 5) is 18.8. The molecule has 0 bridgehead atoms. The SMILES string of the molecule is CCNc1cc(C(=O)N2CCCC2C)cc(C)n1. The van der Waals surface area contributed by atoms with Gasteiger partial charge in [0, 0.05) is 30.4 Å². The lowest BCUT2D eigenvalue weighted by Gasteiger charge is -2.21. The first kappa shape index (κ1) is 12.9. The Hall–Kier alpha value is -1.58. The van der Waals surface area contributed by atoms with Gasteiger partial charge in [-0.25, -0.2) is 4.98 Å². The molecule has 1 fully saturated rings. The van der Waals surface area contributed by atoms with E-state index in [2.05, 4.69) is 17.2 Å². The van der Waals surface area contributed by atoms with E-state index in [0.29, 0.717) is 6.04 Å². The topological polar surface area (TPSA) is 45.2 Å². The zero-order valence-electron chi connectivity index (χ0n) is 11.4. The molecule has 1 N–H and O–H groups in total. The second kappa shape index (κ2) is 5.38. The molecule has 98 valence electrons. The third-order valence-electron chi connectivity index (χ3n) is 3.37. The molecule has 4 nitrogen and oxygen atoms in total. The van der Waals surface area contributed by atoms with Crippen LogP contribution in [0.5, 0.6) is 0 Å². The van der Waals surface area contributed by atoms with Gasteiger partial charge in [-0.2, -0.15) is 0 Å². The van der Waals surface area contributed by atoms with E-state index in [1.54, 1.807) is 0 Å². The fourth-order valence-corrected chi connectivity index (χ4v) is 2.46. The molecule has 0 aromatic carbocycles. The molecular formula is C14H21N3O.